The third-order valence-corrected chi connectivity index (χ3v) is 2.90. The molecule has 0 saturated heterocycles. The first-order valence-electron chi connectivity index (χ1n) is 3.84. The molecule has 0 N–H and O–H groups in total. The summed E-state index contributed by atoms with van der Waals surface area (Å²) in [5.41, 5.74) is 0. The topological polar surface area (TPSA) is 51.6 Å². The molecule has 0 aliphatic carbocycles. The van der Waals surface area contributed by atoms with E-state index in [1.807, 2.05) is 0 Å². The fourth-order valence-electron chi connectivity index (χ4n) is 0.593. The minimum absolute atomic E-state index is 0.297. The van der Waals surface area contributed by atoms with Crippen molar-refractivity contribution in [2.24, 2.45) is 0 Å². The van der Waals surface area contributed by atoms with E-state index >= 15 is 0 Å². The van der Waals surface area contributed by atoms with Crippen LogP contribution in [0.15, 0.2) is 29.5 Å². The van der Waals surface area contributed by atoms with Crippen LogP contribution in [0.3, 0.4) is 0 Å². The summed E-state index contributed by atoms with van der Waals surface area (Å²) in [7, 11) is 0. The molecule has 0 aromatic carbocycles. The second-order valence-corrected chi connectivity index (χ2v) is 5.88. The Balaban J connectivity index is 0.000000160. The van der Waals surface area contributed by atoms with E-state index in [0.29, 0.717) is 10.0 Å². The maximum absolute atomic E-state index is 5.39. The molecule has 16 heavy (non-hydrogen) atoms. The number of halogens is 4. The van der Waals surface area contributed by atoms with E-state index in [-0.39, 0.29) is 0 Å². The first-order valence-corrected chi connectivity index (χ1v) is 7.17. The number of nitrogens with zero attached hydrogens (tertiary/aromatic N) is 4. The van der Waals surface area contributed by atoms with Gasteiger partial charge >= 0.3 is 0 Å². The van der Waals surface area contributed by atoms with E-state index in [0.717, 1.165) is 7.14 Å². The summed E-state index contributed by atoms with van der Waals surface area (Å²) < 4.78 is 2.68. The highest BCUT2D eigenvalue weighted by Crippen LogP contribution is 2.03. The third kappa shape index (κ3) is 6.21. The van der Waals surface area contributed by atoms with Crippen LogP contribution in [0.1, 0.15) is 0 Å². The zero-order chi connectivity index (χ0) is 12.0. The highest BCUT2D eigenvalue weighted by molar-refractivity contribution is 14.1. The summed E-state index contributed by atoms with van der Waals surface area (Å²) in [6.45, 7) is 0. The summed E-state index contributed by atoms with van der Waals surface area (Å²) in [5, 5.41) is 0.297. The molecule has 0 aliphatic rings. The Morgan fingerprint density at radius 1 is 0.875 bits per heavy atom. The SMILES string of the molecule is Brc1ncc(I)cn1.Clc1ncc(I)cn1. The molecule has 0 saturated carbocycles. The van der Waals surface area contributed by atoms with Gasteiger partial charge < -0.3 is 0 Å². The second kappa shape index (κ2) is 7.67. The van der Waals surface area contributed by atoms with Crippen molar-refractivity contribution >= 4 is 72.7 Å². The van der Waals surface area contributed by atoms with Crippen LogP contribution in [0.4, 0.5) is 0 Å². The van der Waals surface area contributed by atoms with Gasteiger partial charge in [0.15, 0.2) is 4.73 Å². The van der Waals surface area contributed by atoms with Crippen LogP contribution in [-0.2, 0) is 0 Å². The smallest absolute Gasteiger partial charge is 0.222 e. The quantitative estimate of drug-likeness (QED) is 0.390. The average Bonchev–Trinajstić information content (AvgIpc) is 2.28. The van der Waals surface area contributed by atoms with E-state index in [4.69, 9.17) is 11.6 Å². The largest absolute Gasteiger partial charge is 0.230 e. The van der Waals surface area contributed by atoms with Crippen LogP contribution in [0.5, 0.6) is 0 Å². The molecule has 0 fully saturated rings. The highest BCUT2D eigenvalue weighted by atomic mass is 127. The van der Waals surface area contributed by atoms with Crippen LogP contribution >= 0.6 is 72.7 Å². The number of rotatable bonds is 0. The van der Waals surface area contributed by atoms with Gasteiger partial charge in [0.1, 0.15) is 0 Å². The summed E-state index contributed by atoms with van der Waals surface area (Å²) in [5.74, 6) is 0. The van der Waals surface area contributed by atoms with E-state index < -0.39 is 0 Å². The molecule has 2 aromatic rings. The molecule has 0 unspecified atom stereocenters. The normalized spacial score (nSPS) is 9.25. The van der Waals surface area contributed by atoms with Gasteiger partial charge in [-0.15, -0.1) is 0 Å². The second-order valence-electron chi connectivity index (χ2n) is 2.34. The van der Waals surface area contributed by atoms with Crippen LogP contribution in [0, 0.1) is 7.14 Å². The van der Waals surface area contributed by atoms with E-state index in [2.05, 4.69) is 81.0 Å². The van der Waals surface area contributed by atoms with Crippen LogP contribution in [-0.4, -0.2) is 19.9 Å². The van der Waals surface area contributed by atoms with Crippen molar-refractivity contribution in [3.05, 3.63) is 41.9 Å². The van der Waals surface area contributed by atoms with E-state index in [1.54, 1.807) is 24.8 Å². The van der Waals surface area contributed by atoms with Gasteiger partial charge in [-0.1, -0.05) is 0 Å². The monoisotopic (exact) mass is 524 g/mol. The van der Waals surface area contributed by atoms with Gasteiger partial charge in [0.25, 0.3) is 0 Å². The Morgan fingerprint density at radius 2 is 1.25 bits per heavy atom. The Bertz CT molecular complexity index is 351. The molecule has 2 aromatic heterocycles. The van der Waals surface area contributed by atoms with Gasteiger partial charge in [-0.25, -0.2) is 19.9 Å². The highest BCUT2D eigenvalue weighted by Gasteiger charge is 1.86. The van der Waals surface area contributed by atoms with Gasteiger partial charge in [0.2, 0.25) is 5.28 Å². The fourth-order valence-corrected chi connectivity index (χ4v) is 1.45. The Kier molecular flexibility index (Phi) is 6.92. The first kappa shape index (κ1) is 14.5. The number of aromatic nitrogens is 4. The molecule has 0 atom stereocenters. The lowest BCUT2D eigenvalue weighted by Crippen LogP contribution is -1.80. The van der Waals surface area contributed by atoms with Gasteiger partial charge in [-0.05, 0) is 72.7 Å². The van der Waals surface area contributed by atoms with Gasteiger partial charge in [-0.3, -0.25) is 0 Å². The van der Waals surface area contributed by atoms with E-state index in [1.165, 1.54) is 0 Å². The molecule has 0 spiro atoms. The van der Waals surface area contributed by atoms with Crippen molar-refractivity contribution < 1.29 is 0 Å². The van der Waals surface area contributed by atoms with Crippen LogP contribution in [0.2, 0.25) is 5.28 Å². The molecule has 0 radical (unpaired) electrons. The van der Waals surface area contributed by atoms with E-state index in [9.17, 15) is 0 Å². The standard InChI is InChI=1S/C4H2BrIN2.C4H2ClIN2/c2*5-4-7-1-3(6)2-8-4/h2*1-2H. The van der Waals surface area contributed by atoms with Crippen molar-refractivity contribution in [2.75, 3.05) is 0 Å². The Hall–Kier alpha value is 0.390. The minimum atomic E-state index is 0.297. The first-order chi connectivity index (χ1) is 7.58. The third-order valence-electron chi connectivity index (χ3n) is 1.18. The van der Waals surface area contributed by atoms with Crippen molar-refractivity contribution in [2.45, 2.75) is 0 Å². The van der Waals surface area contributed by atoms with Crippen molar-refractivity contribution in [3.8, 4) is 0 Å². The predicted octanol–water partition coefficient (Wildman–Crippen LogP) is 3.58. The van der Waals surface area contributed by atoms with Crippen LogP contribution < -0.4 is 0 Å². The molecule has 2 rings (SSSR count). The zero-order valence-electron chi connectivity index (χ0n) is 7.61. The average molecular weight is 525 g/mol. The Labute approximate surface area is 133 Å². The van der Waals surface area contributed by atoms with Crippen molar-refractivity contribution in [3.63, 3.8) is 0 Å². The lowest BCUT2D eigenvalue weighted by molar-refractivity contribution is 1.10. The molecule has 0 bridgehead atoms. The molecule has 2 heterocycles. The fraction of sp³-hybridized carbons (Fsp3) is 0. The number of hydrogen-bond donors (Lipinski definition) is 0. The van der Waals surface area contributed by atoms with Crippen molar-refractivity contribution in [1.82, 2.24) is 19.9 Å². The van der Waals surface area contributed by atoms with Crippen molar-refractivity contribution in [1.29, 1.82) is 0 Å². The lowest BCUT2D eigenvalue weighted by atomic mass is 10.7. The molecule has 8 heteroatoms. The minimum Gasteiger partial charge on any atom is -0.230 e. The van der Waals surface area contributed by atoms with Crippen LogP contribution in [0.25, 0.3) is 0 Å². The van der Waals surface area contributed by atoms with Gasteiger partial charge in [0.05, 0.1) is 0 Å². The molecule has 0 aliphatic heterocycles. The summed E-state index contributed by atoms with van der Waals surface area (Å²) in [6.07, 6.45) is 6.82. The molecule has 4 nitrogen and oxygen atoms in total. The lowest BCUT2D eigenvalue weighted by Gasteiger charge is -1.85. The molecule has 0 amide bonds. The summed E-state index contributed by atoms with van der Waals surface area (Å²) in [4.78, 5) is 15.2. The summed E-state index contributed by atoms with van der Waals surface area (Å²) >= 11 is 12.8. The molecule has 84 valence electrons. The number of hydrogen-bond acceptors (Lipinski definition) is 4. The van der Waals surface area contributed by atoms with Gasteiger partial charge in [0, 0.05) is 31.9 Å². The maximum atomic E-state index is 5.39. The maximum Gasteiger partial charge on any atom is 0.222 e. The molecular formula is C8H4BrClI2N4. The van der Waals surface area contributed by atoms with Gasteiger partial charge in [-0.2, -0.15) is 0 Å². The summed E-state index contributed by atoms with van der Waals surface area (Å²) in [6, 6.07) is 0. The molecular weight excluding hydrogens is 521 g/mol. The zero-order valence-corrected chi connectivity index (χ0v) is 14.3. The predicted molar refractivity (Wildman–Crippen MR) is 82.2 cm³/mol. The Morgan fingerprint density at radius 3 is 1.56 bits per heavy atom.